The molecule has 2 rings (SSSR count). The van der Waals surface area contributed by atoms with Crippen LogP contribution in [0.5, 0.6) is 0 Å². The molecular formula is C14H21NO2. The van der Waals surface area contributed by atoms with Gasteiger partial charge in [-0.25, -0.2) is 0 Å². The van der Waals surface area contributed by atoms with Crippen LogP contribution in [0.1, 0.15) is 12.0 Å². The molecule has 1 aromatic carbocycles. The van der Waals surface area contributed by atoms with Gasteiger partial charge in [0.2, 0.25) is 0 Å². The molecule has 0 radical (unpaired) electrons. The predicted molar refractivity (Wildman–Crippen MR) is 67.9 cm³/mol. The molecule has 0 spiro atoms. The number of benzene rings is 1. The Morgan fingerprint density at radius 3 is 2.18 bits per heavy atom. The summed E-state index contributed by atoms with van der Waals surface area (Å²) in [6, 6.07) is 10.5. The molecule has 1 fully saturated rings. The van der Waals surface area contributed by atoms with E-state index in [2.05, 4.69) is 35.2 Å². The Morgan fingerprint density at radius 2 is 1.65 bits per heavy atom. The van der Waals surface area contributed by atoms with Gasteiger partial charge in [-0.15, -0.1) is 0 Å². The smallest absolute Gasteiger partial charge is 0.0723 e. The van der Waals surface area contributed by atoms with Crippen molar-refractivity contribution in [2.75, 3.05) is 27.3 Å². The maximum absolute atomic E-state index is 5.47. The Labute approximate surface area is 103 Å². The number of methoxy groups -OCH3 is 2. The predicted octanol–water partition coefficient (Wildman–Crippen LogP) is 1.92. The fourth-order valence-corrected chi connectivity index (χ4v) is 2.41. The molecule has 0 aliphatic carbocycles. The molecular weight excluding hydrogens is 214 g/mol. The van der Waals surface area contributed by atoms with E-state index in [4.69, 9.17) is 9.47 Å². The molecule has 2 atom stereocenters. The Bertz CT molecular complexity index is 316. The SMILES string of the molecule is COC1CC(OC)CN(Cc2ccccc2)C1. The molecule has 1 aliphatic rings. The third kappa shape index (κ3) is 3.53. The highest BCUT2D eigenvalue weighted by Gasteiger charge is 2.26. The zero-order valence-corrected chi connectivity index (χ0v) is 10.6. The van der Waals surface area contributed by atoms with Gasteiger partial charge >= 0.3 is 0 Å². The third-order valence-corrected chi connectivity index (χ3v) is 3.37. The summed E-state index contributed by atoms with van der Waals surface area (Å²) in [4.78, 5) is 2.40. The molecule has 0 amide bonds. The summed E-state index contributed by atoms with van der Waals surface area (Å²) in [5, 5.41) is 0. The lowest BCUT2D eigenvalue weighted by Gasteiger charge is -2.36. The number of ether oxygens (including phenoxy) is 2. The van der Waals surface area contributed by atoms with E-state index >= 15 is 0 Å². The van der Waals surface area contributed by atoms with E-state index in [-0.39, 0.29) is 12.2 Å². The molecule has 1 aromatic rings. The van der Waals surface area contributed by atoms with Gasteiger partial charge < -0.3 is 9.47 Å². The van der Waals surface area contributed by atoms with Gasteiger partial charge in [0.25, 0.3) is 0 Å². The van der Waals surface area contributed by atoms with Gasteiger partial charge in [0.1, 0.15) is 0 Å². The topological polar surface area (TPSA) is 21.7 Å². The van der Waals surface area contributed by atoms with E-state index in [0.717, 1.165) is 26.1 Å². The van der Waals surface area contributed by atoms with Crippen molar-refractivity contribution in [1.29, 1.82) is 0 Å². The van der Waals surface area contributed by atoms with Crippen molar-refractivity contribution in [2.45, 2.75) is 25.2 Å². The second-order valence-electron chi connectivity index (χ2n) is 4.63. The Hall–Kier alpha value is -0.900. The minimum atomic E-state index is 0.289. The van der Waals surface area contributed by atoms with Crippen molar-refractivity contribution in [2.24, 2.45) is 0 Å². The van der Waals surface area contributed by atoms with Crippen LogP contribution in [-0.2, 0) is 16.0 Å². The molecule has 17 heavy (non-hydrogen) atoms. The molecule has 3 nitrogen and oxygen atoms in total. The van der Waals surface area contributed by atoms with E-state index in [9.17, 15) is 0 Å². The standard InChI is InChI=1S/C14H21NO2/c1-16-13-8-14(17-2)11-15(10-13)9-12-6-4-3-5-7-12/h3-7,13-14H,8-11H2,1-2H3. The van der Waals surface area contributed by atoms with E-state index in [1.807, 2.05) is 0 Å². The minimum absolute atomic E-state index is 0.289. The number of hydrogen-bond acceptors (Lipinski definition) is 3. The second kappa shape index (κ2) is 6.15. The number of piperidine rings is 1. The van der Waals surface area contributed by atoms with Crippen LogP contribution in [0.3, 0.4) is 0 Å². The van der Waals surface area contributed by atoms with Crippen molar-refractivity contribution >= 4 is 0 Å². The molecule has 0 bridgehead atoms. The van der Waals surface area contributed by atoms with Crippen LogP contribution in [-0.4, -0.2) is 44.4 Å². The highest BCUT2D eigenvalue weighted by Crippen LogP contribution is 2.17. The maximum Gasteiger partial charge on any atom is 0.0723 e. The Balaban J connectivity index is 1.95. The summed E-state index contributed by atoms with van der Waals surface area (Å²) in [5.74, 6) is 0. The molecule has 1 saturated heterocycles. The van der Waals surface area contributed by atoms with Gasteiger partial charge in [0.05, 0.1) is 12.2 Å². The van der Waals surface area contributed by atoms with Crippen LogP contribution in [0.15, 0.2) is 30.3 Å². The number of rotatable bonds is 4. The molecule has 2 unspecified atom stereocenters. The average molecular weight is 235 g/mol. The molecule has 0 saturated carbocycles. The van der Waals surface area contributed by atoms with Crippen molar-refractivity contribution in [1.82, 2.24) is 4.90 Å². The molecule has 1 heterocycles. The van der Waals surface area contributed by atoms with E-state index in [1.165, 1.54) is 5.56 Å². The summed E-state index contributed by atoms with van der Waals surface area (Å²) >= 11 is 0. The number of likely N-dealkylation sites (tertiary alicyclic amines) is 1. The van der Waals surface area contributed by atoms with Crippen LogP contribution in [0.4, 0.5) is 0 Å². The maximum atomic E-state index is 5.47. The van der Waals surface area contributed by atoms with Crippen LogP contribution >= 0.6 is 0 Å². The fraction of sp³-hybridized carbons (Fsp3) is 0.571. The zero-order chi connectivity index (χ0) is 12.1. The summed E-state index contributed by atoms with van der Waals surface area (Å²) < 4.78 is 10.9. The van der Waals surface area contributed by atoms with Gasteiger partial charge in [-0.2, -0.15) is 0 Å². The fourth-order valence-electron chi connectivity index (χ4n) is 2.41. The lowest BCUT2D eigenvalue weighted by atomic mass is 10.0. The third-order valence-electron chi connectivity index (χ3n) is 3.37. The lowest BCUT2D eigenvalue weighted by Crippen LogP contribution is -2.46. The van der Waals surface area contributed by atoms with Crippen molar-refractivity contribution in [3.05, 3.63) is 35.9 Å². The van der Waals surface area contributed by atoms with Crippen molar-refractivity contribution in [3.8, 4) is 0 Å². The first kappa shape index (κ1) is 12.6. The van der Waals surface area contributed by atoms with Crippen LogP contribution in [0, 0.1) is 0 Å². The molecule has 0 aromatic heterocycles. The van der Waals surface area contributed by atoms with Gasteiger partial charge in [-0.1, -0.05) is 30.3 Å². The van der Waals surface area contributed by atoms with E-state index in [0.29, 0.717) is 0 Å². The zero-order valence-electron chi connectivity index (χ0n) is 10.6. The normalized spacial score (nSPS) is 26.0. The van der Waals surface area contributed by atoms with Crippen molar-refractivity contribution in [3.63, 3.8) is 0 Å². The van der Waals surface area contributed by atoms with Crippen LogP contribution in [0.25, 0.3) is 0 Å². The second-order valence-corrected chi connectivity index (χ2v) is 4.63. The highest BCUT2D eigenvalue weighted by molar-refractivity contribution is 5.14. The molecule has 94 valence electrons. The Morgan fingerprint density at radius 1 is 1.06 bits per heavy atom. The minimum Gasteiger partial charge on any atom is -0.380 e. The van der Waals surface area contributed by atoms with Crippen LogP contribution in [0.2, 0.25) is 0 Å². The monoisotopic (exact) mass is 235 g/mol. The van der Waals surface area contributed by atoms with Crippen LogP contribution < -0.4 is 0 Å². The first-order valence-corrected chi connectivity index (χ1v) is 6.13. The molecule has 1 aliphatic heterocycles. The first-order chi connectivity index (χ1) is 8.31. The summed E-state index contributed by atoms with van der Waals surface area (Å²) in [6.07, 6.45) is 1.58. The van der Waals surface area contributed by atoms with Gasteiger partial charge in [0.15, 0.2) is 0 Å². The van der Waals surface area contributed by atoms with Crippen molar-refractivity contribution < 1.29 is 9.47 Å². The summed E-state index contributed by atoms with van der Waals surface area (Å²) in [7, 11) is 3.56. The molecule has 3 heteroatoms. The van der Waals surface area contributed by atoms with E-state index < -0.39 is 0 Å². The first-order valence-electron chi connectivity index (χ1n) is 6.13. The quantitative estimate of drug-likeness (QED) is 0.796. The highest BCUT2D eigenvalue weighted by atomic mass is 16.5. The van der Waals surface area contributed by atoms with Gasteiger partial charge in [-0.05, 0) is 5.56 Å². The largest absolute Gasteiger partial charge is 0.380 e. The number of nitrogens with zero attached hydrogens (tertiary/aromatic N) is 1. The van der Waals surface area contributed by atoms with E-state index in [1.54, 1.807) is 14.2 Å². The Kier molecular flexibility index (Phi) is 4.54. The average Bonchev–Trinajstić information content (AvgIpc) is 2.39. The van der Waals surface area contributed by atoms with Gasteiger partial charge in [0, 0.05) is 40.3 Å². The summed E-state index contributed by atoms with van der Waals surface area (Å²) in [5.41, 5.74) is 1.35. The van der Waals surface area contributed by atoms with Gasteiger partial charge in [-0.3, -0.25) is 4.90 Å². The molecule has 0 N–H and O–H groups in total. The summed E-state index contributed by atoms with van der Waals surface area (Å²) in [6.45, 7) is 2.96. The number of hydrogen-bond donors (Lipinski definition) is 0. The lowest BCUT2D eigenvalue weighted by molar-refractivity contribution is -0.0477.